The lowest BCUT2D eigenvalue weighted by Gasteiger charge is -2.26. The minimum atomic E-state index is 0.748. The zero-order chi connectivity index (χ0) is 14.7. The molecule has 3 N–H and O–H groups in total. The number of morpholine rings is 1. The molecule has 21 heavy (non-hydrogen) atoms. The van der Waals surface area contributed by atoms with Crippen molar-refractivity contribution >= 4 is 38.2 Å². The molecule has 2 aromatic rings. The van der Waals surface area contributed by atoms with Crippen molar-refractivity contribution in [1.29, 1.82) is 0 Å². The Balaban J connectivity index is 1.70. The first kappa shape index (κ1) is 14.6. The molecule has 0 amide bonds. The molecule has 1 saturated heterocycles. The van der Waals surface area contributed by atoms with Gasteiger partial charge in [0.05, 0.1) is 24.4 Å². The minimum absolute atomic E-state index is 0.748. The van der Waals surface area contributed by atoms with Gasteiger partial charge >= 0.3 is 0 Å². The third-order valence-corrected chi connectivity index (χ3v) is 4.13. The van der Waals surface area contributed by atoms with Crippen molar-refractivity contribution in [3.8, 4) is 0 Å². The first-order valence-electron chi connectivity index (χ1n) is 7.12. The van der Waals surface area contributed by atoms with Crippen LogP contribution in [-0.2, 0) is 4.74 Å². The highest BCUT2D eigenvalue weighted by Crippen LogP contribution is 2.28. The van der Waals surface area contributed by atoms with E-state index in [1.54, 1.807) is 6.20 Å². The van der Waals surface area contributed by atoms with Gasteiger partial charge in [-0.15, -0.1) is 0 Å². The van der Waals surface area contributed by atoms with E-state index in [1.807, 2.05) is 18.2 Å². The van der Waals surface area contributed by atoms with Crippen LogP contribution in [-0.4, -0.2) is 49.3 Å². The van der Waals surface area contributed by atoms with Crippen molar-refractivity contribution < 1.29 is 4.74 Å². The van der Waals surface area contributed by atoms with E-state index in [0.717, 1.165) is 66.1 Å². The molecule has 0 atom stereocenters. The van der Waals surface area contributed by atoms with Gasteiger partial charge in [0.2, 0.25) is 0 Å². The van der Waals surface area contributed by atoms with E-state index in [4.69, 9.17) is 10.5 Å². The van der Waals surface area contributed by atoms with E-state index < -0.39 is 0 Å². The number of benzene rings is 1. The van der Waals surface area contributed by atoms with E-state index in [0.29, 0.717) is 0 Å². The number of nitrogens with one attached hydrogen (secondary N) is 1. The van der Waals surface area contributed by atoms with Crippen molar-refractivity contribution in [2.24, 2.45) is 0 Å². The molecule has 0 aliphatic carbocycles. The molecule has 1 aromatic carbocycles. The Morgan fingerprint density at radius 1 is 1.33 bits per heavy atom. The van der Waals surface area contributed by atoms with E-state index in [-0.39, 0.29) is 0 Å². The van der Waals surface area contributed by atoms with Crippen LogP contribution in [0.3, 0.4) is 0 Å². The van der Waals surface area contributed by atoms with Crippen LogP contribution in [0, 0.1) is 0 Å². The second-order valence-corrected chi connectivity index (χ2v) is 6.05. The smallest absolute Gasteiger partial charge is 0.0954 e. The maximum Gasteiger partial charge on any atom is 0.0954 e. The summed E-state index contributed by atoms with van der Waals surface area (Å²) in [5, 5.41) is 4.44. The third kappa shape index (κ3) is 3.45. The molecule has 0 saturated carbocycles. The molecule has 112 valence electrons. The van der Waals surface area contributed by atoms with Crippen LogP contribution < -0.4 is 11.1 Å². The second-order valence-electron chi connectivity index (χ2n) is 5.13. The summed E-state index contributed by atoms with van der Waals surface area (Å²) in [6, 6.07) is 5.93. The van der Waals surface area contributed by atoms with Gasteiger partial charge in [-0.3, -0.25) is 9.88 Å². The number of rotatable bonds is 4. The van der Waals surface area contributed by atoms with Gasteiger partial charge < -0.3 is 15.8 Å². The monoisotopic (exact) mass is 350 g/mol. The minimum Gasteiger partial charge on any atom is -0.398 e. The predicted molar refractivity (Wildman–Crippen MR) is 89.6 cm³/mol. The summed E-state index contributed by atoms with van der Waals surface area (Å²) in [5.74, 6) is 0. The maximum absolute atomic E-state index is 6.03. The van der Waals surface area contributed by atoms with Crippen molar-refractivity contribution in [2.45, 2.75) is 0 Å². The SMILES string of the molecule is Nc1ccc(NCCN2CCOCC2)c2ncc(Br)cc12. The fourth-order valence-electron chi connectivity index (χ4n) is 2.53. The Labute approximate surface area is 132 Å². The van der Waals surface area contributed by atoms with Crippen molar-refractivity contribution in [3.05, 3.63) is 28.9 Å². The van der Waals surface area contributed by atoms with E-state index in [1.165, 1.54) is 0 Å². The highest BCUT2D eigenvalue weighted by Gasteiger charge is 2.10. The topological polar surface area (TPSA) is 63.4 Å². The molecule has 1 aromatic heterocycles. The van der Waals surface area contributed by atoms with Gasteiger partial charge in [0.25, 0.3) is 0 Å². The Bertz CT molecular complexity index is 628. The van der Waals surface area contributed by atoms with Gasteiger partial charge in [-0.05, 0) is 34.1 Å². The van der Waals surface area contributed by atoms with Crippen molar-refractivity contribution in [3.63, 3.8) is 0 Å². The van der Waals surface area contributed by atoms with Gasteiger partial charge in [-0.25, -0.2) is 0 Å². The normalized spacial score (nSPS) is 16.2. The molecule has 5 nitrogen and oxygen atoms in total. The summed E-state index contributed by atoms with van der Waals surface area (Å²) in [7, 11) is 0. The molecule has 0 spiro atoms. The van der Waals surface area contributed by atoms with Crippen LogP contribution in [0.1, 0.15) is 0 Å². The molecule has 6 heteroatoms. The quantitative estimate of drug-likeness (QED) is 0.828. The number of aromatic nitrogens is 1. The van der Waals surface area contributed by atoms with Crippen LogP contribution in [0.5, 0.6) is 0 Å². The van der Waals surface area contributed by atoms with Crippen LogP contribution in [0.2, 0.25) is 0 Å². The molecule has 0 bridgehead atoms. The lowest BCUT2D eigenvalue weighted by atomic mass is 10.1. The number of nitrogens with two attached hydrogens (primary N) is 1. The van der Waals surface area contributed by atoms with E-state index >= 15 is 0 Å². The number of hydrogen-bond donors (Lipinski definition) is 2. The fourth-order valence-corrected chi connectivity index (χ4v) is 2.86. The van der Waals surface area contributed by atoms with Crippen LogP contribution in [0.25, 0.3) is 10.9 Å². The van der Waals surface area contributed by atoms with Crippen molar-refractivity contribution in [1.82, 2.24) is 9.88 Å². The lowest BCUT2D eigenvalue weighted by molar-refractivity contribution is 0.0398. The van der Waals surface area contributed by atoms with E-state index in [9.17, 15) is 0 Å². The summed E-state index contributed by atoms with van der Waals surface area (Å²) in [5.41, 5.74) is 8.72. The summed E-state index contributed by atoms with van der Waals surface area (Å²) in [6.07, 6.45) is 1.80. The molecule has 2 heterocycles. The summed E-state index contributed by atoms with van der Waals surface area (Å²) in [4.78, 5) is 6.89. The summed E-state index contributed by atoms with van der Waals surface area (Å²) < 4.78 is 6.29. The van der Waals surface area contributed by atoms with Crippen LogP contribution in [0.15, 0.2) is 28.9 Å². The van der Waals surface area contributed by atoms with E-state index in [2.05, 4.69) is 31.1 Å². The lowest BCUT2D eigenvalue weighted by Crippen LogP contribution is -2.39. The van der Waals surface area contributed by atoms with Gasteiger partial charge in [0, 0.05) is 47.9 Å². The zero-order valence-corrected chi connectivity index (χ0v) is 13.4. The average molecular weight is 351 g/mol. The summed E-state index contributed by atoms with van der Waals surface area (Å²) >= 11 is 3.44. The molecular weight excluding hydrogens is 332 g/mol. The predicted octanol–water partition coefficient (Wildman–Crippen LogP) is 2.32. The van der Waals surface area contributed by atoms with Gasteiger partial charge in [-0.1, -0.05) is 0 Å². The van der Waals surface area contributed by atoms with Gasteiger partial charge in [0.1, 0.15) is 0 Å². The highest BCUT2D eigenvalue weighted by atomic mass is 79.9. The number of nitrogens with zero attached hydrogens (tertiary/aromatic N) is 2. The number of fused-ring (bicyclic) bond motifs is 1. The van der Waals surface area contributed by atoms with Crippen LogP contribution in [0.4, 0.5) is 11.4 Å². The number of anilines is 2. The number of hydrogen-bond acceptors (Lipinski definition) is 5. The third-order valence-electron chi connectivity index (χ3n) is 3.70. The average Bonchev–Trinajstić information content (AvgIpc) is 2.51. The Morgan fingerprint density at radius 2 is 2.14 bits per heavy atom. The zero-order valence-electron chi connectivity index (χ0n) is 11.8. The first-order valence-corrected chi connectivity index (χ1v) is 7.91. The maximum atomic E-state index is 6.03. The number of nitrogen functional groups attached to an aromatic ring is 1. The molecule has 1 fully saturated rings. The second kappa shape index (κ2) is 6.60. The van der Waals surface area contributed by atoms with Gasteiger partial charge in [0.15, 0.2) is 0 Å². The molecule has 0 unspecified atom stereocenters. The molecule has 1 aliphatic heterocycles. The Kier molecular flexibility index (Phi) is 4.57. The molecular formula is C15H19BrN4O. The largest absolute Gasteiger partial charge is 0.398 e. The molecule has 1 aliphatic rings. The number of pyridine rings is 1. The van der Waals surface area contributed by atoms with Gasteiger partial charge in [-0.2, -0.15) is 0 Å². The standard InChI is InChI=1S/C15H19BrN4O/c16-11-9-12-13(17)1-2-14(15(12)19-10-11)18-3-4-20-5-7-21-8-6-20/h1-2,9-10,18H,3-8,17H2. The first-order chi connectivity index (χ1) is 10.2. The molecule has 3 rings (SSSR count). The number of ether oxygens (including phenoxy) is 1. The Hall–Kier alpha value is -1.37. The van der Waals surface area contributed by atoms with Crippen molar-refractivity contribution in [2.75, 3.05) is 50.4 Å². The fraction of sp³-hybridized carbons (Fsp3) is 0.400. The highest BCUT2D eigenvalue weighted by molar-refractivity contribution is 9.10. The van der Waals surface area contributed by atoms with Crippen LogP contribution >= 0.6 is 15.9 Å². The number of halogens is 1. The molecule has 0 radical (unpaired) electrons. The Morgan fingerprint density at radius 3 is 2.95 bits per heavy atom. The summed E-state index contributed by atoms with van der Waals surface area (Å²) in [6.45, 7) is 5.58.